The lowest BCUT2D eigenvalue weighted by Gasteiger charge is -2.33. The third-order valence-electron chi connectivity index (χ3n) is 7.16. The Hall–Kier alpha value is -4.19. The number of likely N-dealkylation sites (N-methyl/N-ethyl adjacent to an activating group) is 1. The van der Waals surface area contributed by atoms with Crippen LogP contribution in [-0.2, 0) is 12.7 Å². The molecule has 1 saturated heterocycles. The smallest absolute Gasteiger partial charge is 0.322 e. The van der Waals surface area contributed by atoms with E-state index in [0.717, 1.165) is 41.1 Å². The van der Waals surface area contributed by atoms with E-state index in [1.54, 1.807) is 24.5 Å². The summed E-state index contributed by atoms with van der Waals surface area (Å²) in [4.78, 5) is 21.4. The van der Waals surface area contributed by atoms with E-state index in [0.29, 0.717) is 24.3 Å². The molecule has 40 heavy (non-hydrogen) atoms. The van der Waals surface area contributed by atoms with Crippen molar-refractivity contribution in [1.82, 2.24) is 14.8 Å². The summed E-state index contributed by atoms with van der Waals surface area (Å²) < 4.78 is 41.9. The number of hydrogen-bond donors (Lipinski definition) is 1. The van der Waals surface area contributed by atoms with E-state index in [2.05, 4.69) is 27.0 Å². The third-order valence-corrected chi connectivity index (χ3v) is 7.16. The topological polar surface area (TPSA) is 48.5 Å². The number of aryl methyl sites for hydroxylation is 1. The van der Waals surface area contributed by atoms with Crippen LogP contribution in [0.25, 0.3) is 10.8 Å². The molecule has 5 nitrogen and oxygen atoms in total. The fourth-order valence-electron chi connectivity index (χ4n) is 4.75. The van der Waals surface area contributed by atoms with Crippen molar-refractivity contribution in [3.05, 3.63) is 106 Å². The van der Waals surface area contributed by atoms with Gasteiger partial charge < -0.3 is 10.2 Å². The van der Waals surface area contributed by atoms with Crippen molar-refractivity contribution in [2.75, 3.05) is 38.5 Å². The molecule has 3 aromatic carbocycles. The van der Waals surface area contributed by atoms with Crippen molar-refractivity contribution < 1.29 is 18.0 Å². The molecule has 5 rings (SSSR count). The van der Waals surface area contributed by atoms with Crippen molar-refractivity contribution in [2.45, 2.75) is 19.6 Å². The van der Waals surface area contributed by atoms with Gasteiger partial charge in [-0.15, -0.1) is 0 Å². The summed E-state index contributed by atoms with van der Waals surface area (Å²) >= 11 is 0. The molecule has 0 atom stereocenters. The summed E-state index contributed by atoms with van der Waals surface area (Å²) in [5.74, 6) is 5.71. The fourth-order valence-corrected chi connectivity index (χ4v) is 4.75. The highest BCUT2D eigenvalue weighted by Gasteiger charge is 2.34. The molecule has 0 radical (unpaired) electrons. The Morgan fingerprint density at radius 3 is 2.48 bits per heavy atom. The van der Waals surface area contributed by atoms with E-state index < -0.39 is 17.6 Å². The highest BCUT2D eigenvalue weighted by atomic mass is 19.4. The van der Waals surface area contributed by atoms with Gasteiger partial charge in [0.05, 0.1) is 11.1 Å². The lowest BCUT2D eigenvalue weighted by Crippen LogP contribution is -2.44. The summed E-state index contributed by atoms with van der Waals surface area (Å²) in [7, 11) is 2.00. The first-order valence-corrected chi connectivity index (χ1v) is 13.1. The fraction of sp³-hybridized carbons (Fsp3) is 0.250. The monoisotopic (exact) mass is 542 g/mol. The van der Waals surface area contributed by atoms with Crippen LogP contribution in [0.1, 0.15) is 38.2 Å². The number of rotatable bonds is 4. The minimum atomic E-state index is -4.57. The van der Waals surface area contributed by atoms with Crippen LogP contribution in [0.2, 0.25) is 0 Å². The van der Waals surface area contributed by atoms with E-state index in [9.17, 15) is 18.0 Å². The highest BCUT2D eigenvalue weighted by Crippen LogP contribution is 2.34. The van der Waals surface area contributed by atoms with Gasteiger partial charge in [0.25, 0.3) is 5.91 Å². The maximum atomic E-state index is 14.0. The second-order valence-electron chi connectivity index (χ2n) is 10.1. The Morgan fingerprint density at radius 1 is 0.950 bits per heavy atom. The molecule has 0 spiro atoms. The summed E-state index contributed by atoms with van der Waals surface area (Å²) in [5.41, 5.74) is 2.18. The molecule has 204 valence electrons. The van der Waals surface area contributed by atoms with E-state index in [-0.39, 0.29) is 17.7 Å². The highest BCUT2D eigenvalue weighted by molar-refractivity contribution is 6.04. The predicted molar refractivity (Wildman–Crippen MR) is 151 cm³/mol. The number of hydrogen-bond acceptors (Lipinski definition) is 4. The van der Waals surface area contributed by atoms with Crippen LogP contribution < -0.4 is 5.32 Å². The van der Waals surface area contributed by atoms with Crippen LogP contribution in [0, 0.1) is 18.8 Å². The van der Waals surface area contributed by atoms with E-state index in [1.165, 1.54) is 12.1 Å². The van der Waals surface area contributed by atoms with Gasteiger partial charge in [0, 0.05) is 72.7 Å². The summed E-state index contributed by atoms with van der Waals surface area (Å²) in [6.07, 6.45) is -1.08. The van der Waals surface area contributed by atoms with Gasteiger partial charge in [0.1, 0.15) is 0 Å². The quantitative estimate of drug-likeness (QED) is 0.323. The van der Waals surface area contributed by atoms with Crippen LogP contribution in [0.3, 0.4) is 0 Å². The SMILES string of the molecule is Cc1ccc(NC(=O)c2ccc(CN3CCN(C)CC3)c(C(F)(F)F)c2)cc1C#Cc1cncc2ccccc12. The molecule has 1 amide bonds. The molecule has 0 bridgehead atoms. The molecular weight excluding hydrogens is 513 g/mol. The molecule has 8 heteroatoms. The molecule has 0 unspecified atom stereocenters. The Kier molecular flexibility index (Phi) is 7.88. The molecule has 1 aliphatic rings. The van der Waals surface area contributed by atoms with Crippen molar-refractivity contribution in [1.29, 1.82) is 0 Å². The van der Waals surface area contributed by atoms with E-state index >= 15 is 0 Å². The molecule has 0 aliphatic carbocycles. The second-order valence-corrected chi connectivity index (χ2v) is 10.1. The minimum Gasteiger partial charge on any atom is -0.322 e. The first-order chi connectivity index (χ1) is 19.2. The lowest BCUT2D eigenvalue weighted by molar-refractivity contribution is -0.138. The number of anilines is 1. The van der Waals surface area contributed by atoms with Crippen molar-refractivity contribution >= 4 is 22.4 Å². The Morgan fingerprint density at radius 2 is 1.70 bits per heavy atom. The molecule has 1 aromatic heterocycles. The number of nitrogens with zero attached hydrogens (tertiary/aromatic N) is 3. The Labute approximate surface area is 231 Å². The Balaban J connectivity index is 1.36. The number of amides is 1. The van der Waals surface area contributed by atoms with Crippen LogP contribution in [-0.4, -0.2) is 53.9 Å². The average Bonchev–Trinajstić information content (AvgIpc) is 2.94. The van der Waals surface area contributed by atoms with Gasteiger partial charge in [0.2, 0.25) is 0 Å². The lowest BCUT2D eigenvalue weighted by atomic mass is 10.0. The zero-order valence-electron chi connectivity index (χ0n) is 22.3. The summed E-state index contributed by atoms with van der Waals surface area (Å²) in [6.45, 7) is 5.12. The number of aromatic nitrogens is 1. The minimum absolute atomic E-state index is 0.0514. The van der Waals surface area contributed by atoms with Gasteiger partial charge in [-0.1, -0.05) is 48.2 Å². The van der Waals surface area contributed by atoms with Crippen molar-refractivity contribution in [3.8, 4) is 11.8 Å². The van der Waals surface area contributed by atoms with E-state index in [1.807, 2.05) is 49.2 Å². The number of piperazine rings is 1. The normalized spacial score (nSPS) is 14.5. The average molecular weight is 543 g/mol. The van der Waals surface area contributed by atoms with Crippen molar-refractivity contribution in [3.63, 3.8) is 0 Å². The Bertz CT molecular complexity index is 1610. The number of benzene rings is 3. The zero-order chi connectivity index (χ0) is 28.3. The zero-order valence-corrected chi connectivity index (χ0v) is 22.3. The van der Waals surface area contributed by atoms with Crippen LogP contribution >= 0.6 is 0 Å². The number of nitrogens with one attached hydrogen (secondary N) is 1. The summed E-state index contributed by atoms with van der Waals surface area (Å²) in [5, 5.41) is 4.71. The number of fused-ring (bicyclic) bond motifs is 1. The molecular formula is C32H29F3N4O. The first-order valence-electron chi connectivity index (χ1n) is 13.1. The van der Waals surface area contributed by atoms with E-state index in [4.69, 9.17) is 0 Å². The van der Waals surface area contributed by atoms with Crippen LogP contribution in [0.5, 0.6) is 0 Å². The molecule has 1 aliphatic heterocycles. The van der Waals surface area contributed by atoms with Gasteiger partial charge in [-0.3, -0.25) is 14.7 Å². The molecule has 0 saturated carbocycles. The maximum absolute atomic E-state index is 14.0. The number of carbonyl (C=O) groups excluding carboxylic acids is 1. The second kappa shape index (κ2) is 11.5. The first kappa shape index (κ1) is 27.4. The van der Waals surface area contributed by atoms with Gasteiger partial charge in [0.15, 0.2) is 0 Å². The number of pyridine rings is 1. The summed E-state index contributed by atoms with van der Waals surface area (Å²) in [6, 6.07) is 16.9. The maximum Gasteiger partial charge on any atom is 0.416 e. The molecule has 2 heterocycles. The largest absolute Gasteiger partial charge is 0.416 e. The number of halogens is 3. The van der Waals surface area contributed by atoms with Gasteiger partial charge in [-0.25, -0.2) is 0 Å². The van der Waals surface area contributed by atoms with Gasteiger partial charge in [-0.05, 0) is 49.4 Å². The standard InChI is InChI=1S/C32H29F3N4O/c1-22-7-12-28(17-23(22)8-10-26-20-36-19-25-5-3-4-6-29(25)26)37-31(40)24-9-11-27(30(18-24)32(33,34)35)21-39-15-13-38(2)14-16-39/h3-7,9,11-12,17-20H,13-16,21H2,1-2H3,(H,37,40). The molecule has 1 N–H and O–H groups in total. The van der Waals surface area contributed by atoms with Crippen LogP contribution in [0.15, 0.2) is 73.1 Å². The molecule has 4 aromatic rings. The van der Waals surface area contributed by atoms with Crippen LogP contribution in [0.4, 0.5) is 18.9 Å². The number of carbonyl (C=O) groups is 1. The van der Waals surface area contributed by atoms with Crippen molar-refractivity contribution in [2.24, 2.45) is 0 Å². The number of alkyl halides is 3. The third kappa shape index (κ3) is 6.33. The predicted octanol–water partition coefficient (Wildman–Crippen LogP) is 5.96. The van der Waals surface area contributed by atoms with Gasteiger partial charge >= 0.3 is 6.18 Å². The van der Waals surface area contributed by atoms with Gasteiger partial charge in [-0.2, -0.15) is 13.2 Å². The molecule has 1 fully saturated rings.